The SMILES string of the molecule is CCOCCN(CC)c1ccc(F)cc1CNC1CC1. The van der Waals surface area contributed by atoms with E-state index < -0.39 is 0 Å². The summed E-state index contributed by atoms with van der Waals surface area (Å²) in [6.07, 6.45) is 2.49. The van der Waals surface area contributed by atoms with Crippen LogP contribution in [0.1, 0.15) is 32.3 Å². The third kappa shape index (κ3) is 4.46. The van der Waals surface area contributed by atoms with Gasteiger partial charge < -0.3 is 15.0 Å². The van der Waals surface area contributed by atoms with Crippen molar-refractivity contribution in [3.05, 3.63) is 29.6 Å². The standard InChI is InChI=1S/C16H25FN2O/c1-3-19(9-10-20-4-2)16-8-5-14(17)11-13(16)12-18-15-6-7-15/h5,8,11,15,18H,3-4,6-7,9-10,12H2,1-2H3. The van der Waals surface area contributed by atoms with Crippen LogP contribution >= 0.6 is 0 Å². The fourth-order valence-corrected chi connectivity index (χ4v) is 2.31. The van der Waals surface area contributed by atoms with Gasteiger partial charge in [0.15, 0.2) is 0 Å². The van der Waals surface area contributed by atoms with Crippen LogP contribution in [-0.4, -0.2) is 32.3 Å². The van der Waals surface area contributed by atoms with Crippen LogP contribution in [0.5, 0.6) is 0 Å². The number of hydrogen-bond donors (Lipinski definition) is 1. The second-order valence-electron chi connectivity index (χ2n) is 5.20. The summed E-state index contributed by atoms with van der Waals surface area (Å²) in [6.45, 7) is 8.03. The van der Waals surface area contributed by atoms with Crippen LogP contribution in [0.4, 0.5) is 10.1 Å². The molecule has 0 amide bonds. The average molecular weight is 280 g/mol. The van der Waals surface area contributed by atoms with Crippen molar-refractivity contribution < 1.29 is 9.13 Å². The number of likely N-dealkylation sites (N-methyl/N-ethyl adjacent to an activating group) is 1. The average Bonchev–Trinajstić information content (AvgIpc) is 3.26. The van der Waals surface area contributed by atoms with Crippen LogP contribution in [0.3, 0.4) is 0 Å². The maximum absolute atomic E-state index is 13.5. The Labute approximate surface area is 121 Å². The van der Waals surface area contributed by atoms with Gasteiger partial charge in [0.05, 0.1) is 6.61 Å². The molecule has 0 heterocycles. The van der Waals surface area contributed by atoms with E-state index in [4.69, 9.17) is 4.74 Å². The number of nitrogens with zero attached hydrogens (tertiary/aromatic N) is 1. The van der Waals surface area contributed by atoms with Crippen LogP contribution in [0, 0.1) is 5.82 Å². The Hall–Kier alpha value is -1.13. The van der Waals surface area contributed by atoms with E-state index in [9.17, 15) is 4.39 Å². The molecule has 0 aliphatic heterocycles. The largest absolute Gasteiger partial charge is 0.380 e. The molecule has 1 fully saturated rings. The first-order chi connectivity index (χ1) is 9.74. The van der Waals surface area contributed by atoms with E-state index in [-0.39, 0.29) is 5.82 Å². The van der Waals surface area contributed by atoms with E-state index in [1.807, 2.05) is 13.0 Å². The summed E-state index contributed by atoms with van der Waals surface area (Å²) in [6, 6.07) is 5.70. The summed E-state index contributed by atoms with van der Waals surface area (Å²) in [4.78, 5) is 2.25. The molecule has 0 aromatic heterocycles. The van der Waals surface area contributed by atoms with Gasteiger partial charge in [-0.15, -0.1) is 0 Å². The fourth-order valence-electron chi connectivity index (χ4n) is 2.31. The van der Waals surface area contributed by atoms with E-state index in [1.54, 1.807) is 12.1 Å². The van der Waals surface area contributed by atoms with E-state index in [1.165, 1.54) is 12.8 Å². The Morgan fingerprint density at radius 2 is 2.15 bits per heavy atom. The minimum Gasteiger partial charge on any atom is -0.380 e. The maximum Gasteiger partial charge on any atom is 0.123 e. The van der Waals surface area contributed by atoms with Crippen LogP contribution in [0.2, 0.25) is 0 Å². The molecule has 0 saturated heterocycles. The van der Waals surface area contributed by atoms with Gasteiger partial charge in [-0.2, -0.15) is 0 Å². The highest BCUT2D eigenvalue weighted by Crippen LogP contribution is 2.24. The van der Waals surface area contributed by atoms with Crippen LogP contribution < -0.4 is 10.2 Å². The van der Waals surface area contributed by atoms with Crippen molar-refractivity contribution in [2.24, 2.45) is 0 Å². The third-order valence-corrected chi connectivity index (χ3v) is 3.63. The highest BCUT2D eigenvalue weighted by molar-refractivity contribution is 5.54. The molecule has 0 unspecified atom stereocenters. The summed E-state index contributed by atoms with van der Waals surface area (Å²) in [7, 11) is 0. The van der Waals surface area contributed by atoms with Crippen molar-refractivity contribution in [2.75, 3.05) is 31.2 Å². The normalized spacial score (nSPS) is 14.6. The molecule has 4 heteroatoms. The van der Waals surface area contributed by atoms with Gasteiger partial charge in [0.25, 0.3) is 0 Å². The molecule has 0 bridgehead atoms. The van der Waals surface area contributed by atoms with Crippen LogP contribution in [-0.2, 0) is 11.3 Å². The van der Waals surface area contributed by atoms with Crippen molar-refractivity contribution in [3.63, 3.8) is 0 Å². The van der Waals surface area contributed by atoms with Crippen molar-refractivity contribution in [1.82, 2.24) is 5.32 Å². The lowest BCUT2D eigenvalue weighted by Crippen LogP contribution is -2.29. The topological polar surface area (TPSA) is 24.5 Å². The minimum absolute atomic E-state index is 0.165. The molecule has 1 aliphatic carbocycles. The fraction of sp³-hybridized carbons (Fsp3) is 0.625. The maximum atomic E-state index is 13.5. The van der Waals surface area contributed by atoms with E-state index in [0.29, 0.717) is 12.6 Å². The Balaban J connectivity index is 2.05. The summed E-state index contributed by atoms with van der Waals surface area (Å²) in [5.74, 6) is -0.165. The highest BCUT2D eigenvalue weighted by atomic mass is 19.1. The molecular weight excluding hydrogens is 255 g/mol. The third-order valence-electron chi connectivity index (χ3n) is 3.63. The number of rotatable bonds is 9. The Bertz CT molecular complexity index is 421. The predicted octanol–water partition coefficient (Wildman–Crippen LogP) is 2.94. The number of halogens is 1. The molecule has 1 aromatic rings. The van der Waals surface area contributed by atoms with E-state index in [2.05, 4.69) is 17.1 Å². The Morgan fingerprint density at radius 3 is 2.80 bits per heavy atom. The molecular formula is C16H25FN2O. The smallest absolute Gasteiger partial charge is 0.123 e. The molecule has 2 rings (SSSR count). The predicted molar refractivity (Wildman–Crippen MR) is 80.6 cm³/mol. The van der Waals surface area contributed by atoms with E-state index in [0.717, 1.165) is 37.5 Å². The summed E-state index contributed by atoms with van der Waals surface area (Å²) in [5, 5.41) is 3.46. The first kappa shape index (κ1) is 15.3. The molecule has 0 radical (unpaired) electrons. The van der Waals surface area contributed by atoms with Gasteiger partial charge in [-0.05, 0) is 50.5 Å². The Morgan fingerprint density at radius 1 is 1.35 bits per heavy atom. The summed E-state index contributed by atoms with van der Waals surface area (Å²) in [5.41, 5.74) is 2.15. The molecule has 1 N–H and O–H groups in total. The first-order valence-electron chi connectivity index (χ1n) is 7.59. The molecule has 1 saturated carbocycles. The van der Waals surface area contributed by atoms with Crippen LogP contribution in [0.15, 0.2) is 18.2 Å². The van der Waals surface area contributed by atoms with E-state index >= 15 is 0 Å². The van der Waals surface area contributed by atoms with Gasteiger partial charge in [0, 0.05) is 38.0 Å². The zero-order chi connectivity index (χ0) is 14.4. The molecule has 0 spiro atoms. The number of nitrogens with one attached hydrogen (secondary N) is 1. The molecule has 3 nitrogen and oxygen atoms in total. The molecule has 1 aliphatic rings. The minimum atomic E-state index is -0.165. The monoisotopic (exact) mass is 280 g/mol. The zero-order valence-corrected chi connectivity index (χ0v) is 12.5. The number of anilines is 1. The van der Waals surface area contributed by atoms with Crippen molar-refractivity contribution >= 4 is 5.69 Å². The molecule has 1 aromatic carbocycles. The quantitative estimate of drug-likeness (QED) is 0.704. The van der Waals surface area contributed by atoms with Gasteiger partial charge in [0.2, 0.25) is 0 Å². The lowest BCUT2D eigenvalue weighted by Gasteiger charge is -2.26. The van der Waals surface area contributed by atoms with Crippen molar-refractivity contribution in [3.8, 4) is 0 Å². The number of benzene rings is 1. The summed E-state index contributed by atoms with van der Waals surface area (Å²) >= 11 is 0. The molecule has 112 valence electrons. The van der Waals surface area contributed by atoms with Gasteiger partial charge in [-0.1, -0.05) is 0 Å². The van der Waals surface area contributed by atoms with Crippen molar-refractivity contribution in [2.45, 2.75) is 39.3 Å². The molecule has 0 atom stereocenters. The molecule has 20 heavy (non-hydrogen) atoms. The number of hydrogen-bond acceptors (Lipinski definition) is 3. The van der Waals surface area contributed by atoms with Crippen LogP contribution in [0.25, 0.3) is 0 Å². The lowest BCUT2D eigenvalue weighted by atomic mass is 10.1. The van der Waals surface area contributed by atoms with Gasteiger partial charge >= 0.3 is 0 Å². The van der Waals surface area contributed by atoms with Gasteiger partial charge in [-0.3, -0.25) is 0 Å². The zero-order valence-electron chi connectivity index (χ0n) is 12.5. The second-order valence-corrected chi connectivity index (χ2v) is 5.20. The van der Waals surface area contributed by atoms with Gasteiger partial charge in [-0.25, -0.2) is 4.39 Å². The lowest BCUT2D eigenvalue weighted by molar-refractivity contribution is 0.154. The van der Waals surface area contributed by atoms with Gasteiger partial charge in [0.1, 0.15) is 5.82 Å². The van der Waals surface area contributed by atoms with Crippen molar-refractivity contribution in [1.29, 1.82) is 0 Å². The second kappa shape index (κ2) is 7.60. The summed E-state index contributed by atoms with van der Waals surface area (Å²) < 4.78 is 18.9. The highest BCUT2D eigenvalue weighted by Gasteiger charge is 2.21. The Kier molecular flexibility index (Phi) is 5.80. The first-order valence-corrected chi connectivity index (χ1v) is 7.59. The number of ether oxygens (including phenoxy) is 1.